The van der Waals surface area contributed by atoms with Gasteiger partial charge < -0.3 is 51.0 Å². The molecule has 0 bridgehead atoms. The number of carboxylic acids is 2. The SMILES string of the molecule is CC(C)C[C@H]([NH3+])C(=O)OCC[C@@H](C)OC(=O)[C@@H]([NH3+])CC(C)C.C[C@@H](O)CC(=O)[O-].C[C@@H](O)CC(=O)[O-]. The summed E-state index contributed by atoms with van der Waals surface area (Å²) in [6.45, 7) is 13.0. The number of carboxylic acid groups (broad SMARTS) is 2. The summed E-state index contributed by atoms with van der Waals surface area (Å²) in [6, 6.07) is -0.687. The van der Waals surface area contributed by atoms with Gasteiger partial charge in [-0.2, -0.15) is 0 Å². The van der Waals surface area contributed by atoms with Crippen LogP contribution in [0.5, 0.6) is 0 Å². The van der Waals surface area contributed by atoms with Gasteiger partial charge in [-0.05, 0) is 32.6 Å². The largest absolute Gasteiger partial charge is 0.550 e. The first-order valence-electron chi connectivity index (χ1n) is 12.2. The topological polar surface area (TPSA) is 229 Å². The van der Waals surface area contributed by atoms with Gasteiger partial charge in [0.15, 0.2) is 12.1 Å². The van der Waals surface area contributed by atoms with Crippen LogP contribution in [0.1, 0.15) is 80.6 Å². The molecule has 0 aromatic rings. The Morgan fingerprint density at radius 1 is 0.722 bits per heavy atom. The second kappa shape index (κ2) is 22.0. The Morgan fingerprint density at radius 3 is 1.36 bits per heavy atom. The number of aliphatic carboxylic acids is 2. The summed E-state index contributed by atoms with van der Waals surface area (Å²) in [5.74, 6) is -2.19. The highest BCUT2D eigenvalue weighted by Crippen LogP contribution is 2.07. The molecule has 0 radical (unpaired) electrons. The number of esters is 2. The minimum absolute atomic E-state index is 0.239. The molecule has 36 heavy (non-hydrogen) atoms. The van der Waals surface area contributed by atoms with Gasteiger partial charge in [-0.25, -0.2) is 9.59 Å². The second-order valence-corrected chi connectivity index (χ2v) is 9.71. The standard InChI is InChI=1S/C16H32N2O4.2C4H8O3/c1-10(2)8-13(17)15(19)21-7-6-12(5)22-16(20)14(18)9-11(3)4;2*1-3(5)2-4(6)7/h10-14H,6-9,17-18H2,1-5H3;2*3,5H,2H2,1H3,(H,6,7)/t12-,13+,14+;2*3-/m111/s1. The molecule has 0 aromatic heterocycles. The van der Waals surface area contributed by atoms with Gasteiger partial charge in [0.2, 0.25) is 0 Å². The van der Waals surface area contributed by atoms with Crippen molar-refractivity contribution in [1.82, 2.24) is 0 Å². The zero-order valence-electron chi connectivity index (χ0n) is 22.9. The maximum Gasteiger partial charge on any atom is 0.365 e. The molecule has 12 heteroatoms. The van der Waals surface area contributed by atoms with Crippen molar-refractivity contribution in [1.29, 1.82) is 0 Å². The molecule has 0 saturated heterocycles. The van der Waals surface area contributed by atoms with Gasteiger partial charge in [0.25, 0.3) is 0 Å². The Hall–Kier alpha value is -2.28. The van der Waals surface area contributed by atoms with Crippen molar-refractivity contribution >= 4 is 23.9 Å². The number of carbonyl (C=O) groups excluding carboxylic acids is 4. The van der Waals surface area contributed by atoms with E-state index in [4.69, 9.17) is 19.7 Å². The van der Waals surface area contributed by atoms with Gasteiger partial charge in [0, 0.05) is 44.0 Å². The molecule has 8 N–H and O–H groups in total. The van der Waals surface area contributed by atoms with Crippen molar-refractivity contribution in [3.63, 3.8) is 0 Å². The van der Waals surface area contributed by atoms with Gasteiger partial charge in [-0.15, -0.1) is 0 Å². The molecule has 0 saturated carbocycles. The van der Waals surface area contributed by atoms with Crippen molar-refractivity contribution in [2.24, 2.45) is 11.8 Å². The van der Waals surface area contributed by atoms with Crippen LogP contribution >= 0.6 is 0 Å². The molecule has 0 aromatic carbocycles. The van der Waals surface area contributed by atoms with Crippen LogP contribution in [0.25, 0.3) is 0 Å². The van der Waals surface area contributed by atoms with Gasteiger partial charge in [0.1, 0.15) is 6.10 Å². The van der Waals surface area contributed by atoms with Crippen molar-refractivity contribution in [2.75, 3.05) is 6.61 Å². The van der Waals surface area contributed by atoms with Gasteiger partial charge in [0.05, 0.1) is 18.8 Å². The van der Waals surface area contributed by atoms with Crippen LogP contribution in [-0.4, -0.2) is 71.1 Å². The van der Waals surface area contributed by atoms with Crippen molar-refractivity contribution in [3.8, 4) is 0 Å². The van der Waals surface area contributed by atoms with E-state index in [2.05, 4.69) is 11.5 Å². The number of hydrogen-bond acceptors (Lipinski definition) is 10. The number of aliphatic hydroxyl groups is 2. The molecule has 0 unspecified atom stereocenters. The summed E-state index contributed by atoms with van der Waals surface area (Å²) in [5.41, 5.74) is 7.63. The van der Waals surface area contributed by atoms with E-state index in [1.165, 1.54) is 13.8 Å². The summed E-state index contributed by atoms with van der Waals surface area (Å²) in [4.78, 5) is 42.6. The first kappa shape index (κ1) is 38.3. The average Bonchev–Trinajstić information content (AvgIpc) is 2.65. The molecule has 0 rings (SSSR count). The first-order chi connectivity index (χ1) is 16.4. The van der Waals surface area contributed by atoms with E-state index < -0.39 is 24.1 Å². The fourth-order valence-corrected chi connectivity index (χ4v) is 2.61. The van der Waals surface area contributed by atoms with Crippen LogP contribution in [-0.2, 0) is 28.7 Å². The van der Waals surface area contributed by atoms with Gasteiger partial charge >= 0.3 is 11.9 Å². The van der Waals surface area contributed by atoms with Crippen LogP contribution in [0.4, 0.5) is 0 Å². The Bertz CT molecular complexity index is 604. The van der Waals surface area contributed by atoms with Crippen LogP contribution in [0.15, 0.2) is 0 Å². The van der Waals surface area contributed by atoms with E-state index in [1.807, 2.05) is 27.7 Å². The summed E-state index contributed by atoms with van der Waals surface area (Å²) >= 11 is 0. The van der Waals surface area contributed by atoms with E-state index in [1.54, 1.807) is 6.92 Å². The molecule has 214 valence electrons. The molecule has 0 aliphatic carbocycles. The Morgan fingerprint density at radius 2 is 1.08 bits per heavy atom. The highest BCUT2D eigenvalue weighted by molar-refractivity contribution is 5.74. The smallest absolute Gasteiger partial charge is 0.365 e. The number of quaternary nitrogens is 2. The summed E-state index contributed by atoms with van der Waals surface area (Å²) in [5, 5.41) is 35.7. The lowest BCUT2D eigenvalue weighted by atomic mass is 10.0. The summed E-state index contributed by atoms with van der Waals surface area (Å²) in [6.07, 6.45) is -0.513. The highest BCUT2D eigenvalue weighted by Gasteiger charge is 2.23. The monoisotopic (exact) mass is 524 g/mol. The van der Waals surface area contributed by atoms with Crippen LogP contribution < -0.4 is 21.7 Å². The Labute approximate surface area is 214 Å². The zero-order valence-corrected chi connectivity index (χ0v) is 22.9. The van der Waals surface area contributed by atoms with Gasteiger partial charge in [-0.1, -0.05) is 27.7 Å². The van der Waals surface area contributed by atoms with Crippen LogP contribution in [0, 0.1) is 11.8 Å². The molecule has 0 amide bonds. The lowest BCUT2D eigenvalue weighted by molar-refractivity contribution is -0.412. The summed E-state index contributed by atoms with van der Waals surface area (Å²) < 4.78 is 10.5. The van der Waals surface area contributed by atoms with Crippen molar-refractivity contribution in [2.45, 2.75) is 111 Å². The van der Waals surface area contributed by atoms with Crippen LogP contribution in [0.3, 0.4) is 0 Å². The average molecular weight is 525 g/mol. The molecule has 12 nitrogen and oxygen atoms in total. The Kier molecular flexibility index (Phi) is 23.3. The fraction of sp³-hybridized carbons (Fsp3) is 0.833. The molecular formula is C24H48N2O10. The fourth-order valence-electron chi connectivity index (χ4n) is 2.61. The second-order valence-electron chi connectivity index (χ2n) is 9.71. The molecule has 0 heterocycles. The predicted molar refractivity (Wildman–Crippen MR) is 126 cm³/mol. The minimum atomic E-state index is -1.21. The first-order valence-corrected chi connectivity index (χ1v) is 12.2. The van der Waals surface area contributed by atoms with E-state index in [0.717, 1.165) is 0 Å². The molecule has 0 aliphatic heterocycles. The maximum atomic E-state index is 11.8. The molecular weight excluding hydrogens is 476 g/mol. The summed E-state index contributed by atoms with van der Waals surface area (Å²) in [7, 11) is 0. The number of aliphatic hydroxyl groups excluding tert-OH is 2. The molecule has 0 aliphatic rings. The zero-order chi connectivity index (χ0) is 29.0. The number of carbonyl (C=O) groups is 4. The lowest BCUT2D eigenvalue weighted by Gasteiger charge is -2.16. The minimum Gasteiger partial charge on any atom is -0.550 e. The lowest BCUT2D eigenvalue weighted by Crippen LogP contribution is -2.66. The number of ether oxygens (including phenoxy) is 2. The maximum absolute atomic E-state index is 11.8. The van der Waals surface area contributed by atoms with Crippen molar-refractivity contribution < 1.29 is 60.5 Å². The van der Waals surface area contributed by atoms with E-state index in [-0.39, 0.29) is 49.6 Å². The third-order valence-electron chi connectivity index (χ3n) is 4.19. The molecule has 5 atom stereocenters. The molecule has 0 fully saturated rings. The molecule has 0 spiro atoms. The van der Waals surface area contributed by atoms with Gasteiger partial charge in [-0.3, -0.25) is 0 Å². The predicted octanol–water partition coefficient (Wildman–Crippen LogP) is -2.82. The Balaban J connectivity index is -0.000000632. The van der Waals surface area contributed by atoms with E-state index in [0.29, 0.717) is 31.1 Å². The normalized spacial score (nSPS) is 14.7. The third kappa shape index (κ3) is 29.8. The van der Waals surface area contributed by atoms with E-state index >= 15 is 0 Å². The highest BCUT2D eigenvalue weighted by atomic mass is 16.6. The quantitative estimate of drug-likeness (QED) is 0.170. The number of hydrogen-bond donors (Lipinski definition) is 4. The van der Waals surface area contributed by atoms with Crippen molar-refractivity contribution in [3.05, 3.63) is 0 Å². The number of rotatable bonds is 14. The third-order valence-corrected chi connectivity index (χ3v) is 4.19. The van der Waals surface area contributed by atoms with Crippen LogP contribution in [0.2, 0.25) is 0 Å². The van der Waals surface area contributed by atoms with E-state index in [9.17, 15) is 29.4 Å².